The fourth-order valence-electron chi connectivity index (χ4n) is 1.98. The summed E-state index contributed by atoms with van der Waals surface area (Å²) in [5.74, 6) is 0.250. The fraction of sp³-hybridized carbons (Fsp3) is 0.600. The SMILES string of the molecule is O=C1CCC[C@H]([C@H]2C=CC(=O)O2)C1. The lowest BCUT2D eigenvalue weighted by molar-refractivity contribution is -0.142. The summed E-state index contributed by atoms with van der Waals surface area (Å²) in [6.07, 6.45) is 6.27. The molecular weight excluding hydrogens is 168 g/mol. The molecule has 1 aliphatic carbocycles. The molecule has 0 bridgehead atoms. The lowest BCUT2D eigenvalue weighted by atomic mass is 9.84. The Morgan fingerprint density at radius 1 is 1.38 bits per heavy atom. The van der Waals surface area contributed by atoms with Crippen LogP contribution < -0.4 is 0 Å². The number of carbonyl (C=O) groups excluding carboxylic acids is 2. The Kier molecular flexibility index (Phi) is 2.17. The van der Waals surface area contributed by atoms with Crippen LogP contribution in [-0.4, -0.2) is 17.9 Å². The van der Waals surface area contributed by atoms with E-state index >= 15 is 0 Å². The summed E-state index contributed by atoms with van der Waals surface area (Å²) >= 11 is 0. The summed E-state index contributed by atoms with van der Waals surface area (Å²) in [5, 5.41) is 0. The van der Waals surface area contributed by atoms with Gasteiger partial charge < -0.3 is 4.74 Å². The Hall–Kier alpha value is -1.12. The Morgan fingerprint density at radius 3 is 2.85 bits per heavy atom. The van der Waals surface area contributed by atoms with Crippen molar-refractivity contribution in [1.29, 1.82) is 0 Å². The van der Waals surface area contributed by atoms with E-state index in [1.807, 2.05) is 0 Å². The summed E-state index contributed by atoms with van der Waals surface area (Å²) in [4.78, 5) is 21.9. The number of hydrogen-bond acceptors (Lipinski definition) is 3. The number of ketones is 1. The molecule has 2 rings (SSSR count). The van der Waals surface area contributed by atoms with Crippen molar-refractivity contribution in [1.82, 2.24) is 0 Å². The number of ether oxygens (including phenoxy) is 1. The van der Waals surface area contributed by atoms with Gasteiger partial charge in [0, 0.05) is 24.8 Å². The average molecular weight is 180 g/mol. The van der Waals surface area contributed by atoms with Crippen molar-refractivity contribution in [2.24, 2.45) is 5.92 Å². The van der Waals surface area contributed by atoms with E-state index < -0.39 is 0 Å². The van der Waals surface area contributed by atoms with E-state index in [1.54, 1.807) is 6.08 Å². The van der Waals surface area contributed by atoms with Crippen molar-refractivity contribution >= 4 is 11.8 Å². The molecule has 1 saturated carbocycles. The highest BCUT2D eigenvalue weighted by atomic mass is 16.5. The van der Waals surface area contributed by atoms with Gasteiger partial charge in [0.2, 0.25) is 0 Å². The predicted molar refractivity (Wildman–Crippen MR) is 46.0 cm³/mol. The normalized spacial score (nSPS) is 33.5. The molecule has 0 saturated heterocycles. The van der Waals surface area contributed by atoms with E-state index in [0.29, 0.717) is 18.6 Å². The Labute approximate surface area is 76.8 Å². The van der Waals surface area contributed by atoms with Gasteiger partial charge in [-0.15, -0.1) is 0 Å². The Bertz CT molecular complexity index is 267. The second-order valence-electron chi connectivity index (χ2n) is 3.66. The van der Waals surface area contributed by atoms with Gasteiger partial charge in [-0.2, -0.15) is 0 Å². The van der Waals surface area contributed by atoms with Crippen LogP contribution in [0.2, 0.25) is 0 Å². The molecule has 2 aliphatic rings. The maximum absolute atomic E-state index is 11.1. The number of esters is 1. The molecule has 1 heterocycles. The van der Waals surface area contributed by atoms with Gasteiger partial charge in [-0.1, -0.05) is 0 Å². The summed E-state index contributed by atoms with van der Waals surface area (Å²) in [5.41, 5.74) is 0. The van der Waals surface area contributed by atoms with Crippen LogP contribution >= 0.6 is 0 Å². The van der Waals surface area contributed by atoms with E-state index in [1.165, 1.54) is 6.08 Å². The largest absolute Gasteiger partial charge is 0.455 e. The van der Waals surface area contributed by atoms with Crippen LogP contribution in [0.25, 0.3) is 0 Å². The first-order valence-corrected chi connectivity index (χ1v) is 4.66. The molecule has 13 heavy (non-hydrogen) atoms. The zero-order valence-electron chi connectivity index (χ0n) is 7.36. The van der Waals surface area contributed by atoms with Gasteiger partial charge in [-0.05, 0) is 18.9 Å². The van der Waals surface area contributed by atoms with E-state index in [4.69, 9.17) is 4.74 Å². The smallest absolute Gasteiger partial charge is 0.331 e. The van der Waals surface area contributed by atoms with Crippen LogP contribution in [0.3, 0.4) is 0 Å². The van der Waals surface area contributed by atoms with Gasteiger partial charge in [0.25, 0.3) is 0 Å². The Morgan fingerprint density at radius 2 is 2.23 bits per heavy atom. The summed E-state index contributed by atoms with van der Waals surface area (Å²) in [6.45, 7) is 0. The molecule has 70 valence electrons. The molecule has 0 spiro atoms. The molecule has 3 heteroatoms. The van der Waals surface area contributed by atoms with Crippen molar-refractivity contribution < 1.29 is 14.3 Å². The zero-order valence-corrected chi connectivity index (χ0v) is 7.36. The van der Waals surface area contributed by atoms with Crippen LogP contribution in [-0.2, 0) is 14.3 Å². The average Bonchev–Trinajstić information content (AvgIpc) is 2.52. The highest BCUT2D eigenvalue weighted by Crippen LogP contribution is 2.28. The van der Waals surface area contributed by atoms with E-state index in [0.717, 1.165) is 12.8 Å². The van der Waals surface area contributed by atoms with E-state index in [-0.39, 0.29) is 18.0 Å². The molecule has 0 aromatic carbocycles. The number of Topliss-reactive ketones (excluding diaryl/α,β-unsaturated/α-hetero) is 1. The Balaban J connectivity index is 1.97. The molecule has 0 unspecified atom stereocenters. The third-order valence-electron chi connectivity index (χ3n) is 2.66. The van der Waals surface area contributed by atoms with Crippen molar-refractivity contribution in [2.75, 3.05) is 0 Å². The summed E-state index contributed by atoms with van der Waals surface area (Å²) in [6, 6.07) is 0. The van der Waals surface area contributed by atoms with Gasteiger partial charge in [0.15, 0.2) is 0 Å². The quantitative estimate of drug-likeness (QED) is 0.570. The molecule has 0 amide bonds. The van der Waals surface area contributed by atoms with E-state index in [2.05, 4.69) is 0 Å². The van der Waals surface area contributed by atoms with Crippen LogP contribution in [0.4, 0.5) is 0 Å². The standard InChI is InChI=1S/C10H12O3/c11-8-3-1-2-7(6-8)9-4-5-10(12)13-9/h4-5,7,9H,1-3,6H2/t7-,9+/m0/s1. The predicted octanol–water partition coefficient (Wildman–Crippen LogP) is 1.23. The lowest BCUT2D eigenvalue weighted by Crippen LogP contribution is -2.26. The molecule has 2 atom stereocenters. The molecule has 3 nitrogen and oxygen atoms in total. The van der Waals surface area contributed by atoms with Gasteiger partial charge in [0.05, 0.1) is 0 Å². The second-order valence-corrected chi connectivity index (χ2v) is 3.66. The fourth-order valence-corrected chi connectivity index (χ4v) is 1.98. The molecule has 1 aliphatic heterocycles. The van der Waals surface area contributed by atoms with Crippen LogP contribution in [0.1, 0.15) is 25.7 Å². The monoisotopic (exact) mass is 180 g/mol. The van der Waals surface area contributed by atoms with Crippen molar-refractivity contribution in [2.45, 2.75) is 31.8 Å². The number of cyclic esters (lactones) is 1. The summed E-state index contributed by atoms with van der Waals surface area (Å²) < 4.78 is 5.05. The first-order chi connectivity index (χ1) is 6.25. The van der Waals surface area contributed by atoms with Crippen molar-refractivity contribution in [3.8, 4) is 0 Å². The van der Waals surface area contributed by atoms with Crippen molar-refractivity contribution in [3.05, 3.63) is 12.2 Å². The molecular formula is C10H12O3. The van der Waals surface area contributed by atoms with Crippen LogP contribution in [0.5, 0.6) is 0 Å². The van der Waals surface area contributed by atoms with Gasteiger partial charge in [-0.25, -0.2) is 4.79 Å². The first-order valence-electron chi connectivity index (χ1n) is 4.66. The molecule has 0 aromatic heterocycles. The van der Waals surface area contributed by atoms with Gasteiger partial charge >= 0.3 is 5.97 Å². The number of rotatable bonds is 1. The van der Waals surface area contributed by atoms with E-state index in [9.17, 15) is 9.59 Å². The third kappa shape index (κ3) is 1.79. The minimum absolute atomic E-state index is 0.142. The van der Waals surface area contributed by atoms with Crippen molar-refractivity contribution in [3.63, 3.8) is 0 Å². The molecule has 0 radical (unpaired) electrons. The second kappa shape index (κ2) is 3.32. The first kappa shape index (κ1) is 8.48. The molecule has 0 aromatic rings. The third-order valence-corrected chi connectivity index (χ3v) is 2.66. The molecule has 1 fully saturated rings. The van der Waals surface area contributed by atoms with Gasteiger partial charge in [-0.3, -0.25) is 4.79 Å². The van der Waals surface area contributed by atoms with Gasteiger partial charge in [0.1, 0.15) is 11.9 Å². The number of carbonyl (C=O) groups is 2. The number of hydrogen-bond donors (Lipinski definition) is 0. The topological polar surface area (TPSA) is 43.4 Å². The minimum atomic E-state index is -0.275. The lowest BCUT2D eigenvalue weighted by Gasteiger charge is -2.24. The zero-order chi connectivity index (χ0) is 9.26. The van der Waals surface area contributed by atoms with Crippen LogP contribution in [0.15, 0.2) is 12.2 Å². The highest BCUT2D eigenvalue weighted by molar-refractivity contribution is 5.85. The maximum Gasteiger partial charge on any atom is 0.331 e. The maximum atomic E-state index is 11.1. The highest BCUT2D eigenvalue weighted by Gasteiger charge is 2.30. The van der Waals surface area contributed by atoms with Crippen LogP contribution in [0, 0.1) is 5.92 Å². The molecule has 0 N–H and O–H groups in total. The minimum Gasteiger partial charge on any atom is -0.455 e. The summed E-state index contributed by atoms with van der Waals surface area (Å²) in [7, 11) is 0.